The van der Waals surface area contributed by atoms with E-state index >= 15 is 0 Å². The first-order chi connectivity index (χ1) is 16.7. The highest BCUT2D eigenvalue weighted by Gasteiger charge is 2.31. The highest BCUT2D eigenvalue weighted by Crippen LogP contribution is 2.42. The molecule has 0 aliphatic carbocycles. The summed E-state index contributed by atoms with van der Waals surface area (Å²) in [6.07, 6.45) is 2.41. The molecule has 0 bridgehead atoms. The zero-order chi connectivity index (χ0) is 25.0. The van der Waals surface area contributed by atoms with Crippen molar-refractivity contribution in [3.63, 3.8) is 0 Å². The molecule has 1 fully saturated rings. The molecule has 0 saturated carbocycles. The Morgan fingerprint density at radius 3 is 2.49 bits per heavy atom. The molecule has 0 aromatic heterocycles. The van der Waals surface area contributed by atoms with Gasteiger partial charge in [0.25, 0.3) is 5.91 Å². The number of fused-ring (bicyclic) bond motifs is 1. The molecule has 0 unspecified atom stereocenters. The van der Waals surface area contributed by atoms with Crippen LogP contribution in [0.15, 0.2) is 36.4 Å². The fourth-order valence-corrected chi connectivity index (χ4v) is 5.09. The van der Waals surface area contributed by atoms with Crippen molar-refractivity contribution in [1.82, 2.24) is 4.90 Å². The number of carbonyl (C=O) groups is 1. The Labute approximate surface area is 214 Å². The smallest absolute Gasteiger partial charge is 0.491 e. The zero-order valence-corrected chi connectivity index (χ0v) is 21.5. The summed E-state index contributed by atoms with van der Waals surface area (Å²) in [5.74, 6) is 0.0143. The Kier molecular flexibility index (Phi) is 8.60. The molecule has 0 radical (unpaired) electrons. The predicted octanol–water partition coefficient (Wildman–Crippen LogP) is 4.28. The number of rotatable bonds is 9. The van der Waals surface area contributed by atoms with Crippen LogP contribution in [0.4, 0.5) is 11.4 Å². The maximum atomic E-state index is 12.1. The van der Waals surface area contributed by atoms with Crippen molar-refractivity contribution in [2.75, 3.05) is 49.3 Å². The number of amides is 1. The van der Waals surface area contributed by atoms with Crippen LogP contribution < -0.4 is 14.7 Å². The minimum Gasteiger partial charge on any atom is -0.494 e. The maximum Gasteiger partial charge on any atom is 0.491 e. The van der Waals surface area contributed by atoms with Crippen LogP contribution in [0.1, 0.15) is 24.8 Å². The minimum atomic E-state index is -4.87. The molecule has 190 valence electrons. The van der Waals surface area contributed by atoms with Crippen molar-refractivity contribution < 1.29 is 28.5 Å². The van der Waals surface area contributed by atoms with E-state index in [1.807, 2.05) is 12.1 Å². The van der Waals surface area contributed by atoms with Gasteiger partial charge in [0.1, 0.15) is 5.75 Å². The van der Waals surface area contributed by atoms with Crippen LogP contribution in [0.5, 0.6) is 5.75 Å². The van der Waals surface area contributed by atoms with Gasteiger partial charge in [-0.15, -0.1) is 0 Å². The van der Waals surface area contributed by atoms with Crippen LogP contribution >= 0.6 is 31.0 Å². The summed E-state index contributed by atoms with van der Waals surface area (Å²) in [6, 6.07) is 10.9. The topological polar surface area (TPSA) is 103 Å². The summed E-state index contributed by atoms with van der Waals surface area (Å²) in [4.78, 5) is 35.1. The molecule has 12 heteroatoms. The third-order valence-electron chi connectivity index (χ3n) is 6.08. The van der Waals surface area contributed by atoms with E-state index in [-0.39, 0.29) is 6.42 Å². The molecule has 2 heterocycles. The first kappa shape index (κ1) is 26.2. The lowest BCUT2D eigenvalue weighted by molar-refractivity contribution is -0.123. The first-order valence-electron chi connectivity index (χ1n) is 11.5. The molecule has 9 nitrogen and oxygen atoms in total. The fraction of sp³-hybridized carbons (Fsp3) is 0.435. The number of hydrogen-bond acceptors (Lipinski definition) is 6. The summed E-state index contributed by atoms with van der Waals surface area (Å²) in [7, 11) is -4.87. The molecule has 0 spiro atoms. The van der Waals surface area contributed by atoms with Gasteiger partial charge in [0.15, 0.2) is 0 Å². The summed E-state index contributed by atoms with van der Waals surface area (Å²) >= 11 is 12.5. The molecule has 0 atom stereocenters. The molecule has 2 aromatic rings. The van der Waals surface area contributed by atoms with Crippen LogP contribution in [0, 0.1) is 0 Å². The average Bonchev–Trinajstić information content (AvgIpc) is 2.82. The van der Waals surface area contributed by atoms with E-state index in [0.717, 1.165) is 56.8 Å². The lowest BCUT2D eigenvalue weighted by Gasteiger charge is -2.36. The van der Waals surface area contributed by atoms with Crippen LogP contribution in [0.25, 0.3) is 0 Å². The summed E-state index contributed by atoms with van der Waals surface area (Å²) < 4.78 is 21.7. The molecule has 4 rings (SSSR count). The molecule has 1 amide bonds. The third kappa shape index (κ3) is 6.89. The van der Waals surface area contributed by atoms with Crippen molar-refractivity contribution in [1.29, 1.82) is 0 Å². The number of ether oxygens (including phenoxy) is 1. The monoisotopic (exact) mass is 543 g/mol. The van der Waals surface area contributed by atoms with E-state index in [0.29, 0.717) is 39.6 Å². The molecule has 2 N–H and O–H groups in total. The summed E-state index contributed by atoms with van der Waals surface area (Å²) in [5.41, 5.74) is 2.05. The van der Waals surface area contributed by atoms with Gasteiger partial charge in [-0.25, -0.2) is 4.57 Å². The molecule has 1 saturated heterocycles. The van der Waals surface area contributed by atoms with E-state index in [9.17, 15) is 9.36 Å². The number of carbonyl (C=O) groups excluding carboxylic acids is 1. The predicted molar refractivity (Wildman–Crippen MR) is 135 cm³/mol. The number of piperazine rings is 1. The van der Waals surface area contributed by atoms with Crippen LogP contribution in [-0.2, 0) is 20.4 Å². The number of nitrogens with zero attached hydrogens (tertiary/aromatic N) is 3. The van der Waals surface area contributed by atoms with Crippen LogP contribution in [0.3, 0.4) is 0 Å². The summed E-state index contributed by atoms with van der Waals surface area (Å²) in [5, 5.41) is 1.85. The number of unbranched alkanes of at least 4 members (excludes halogenated alkanes) is 1. The van der Waals surface area contributed by atoms with E-state index < -0.39 is 13.7 Å². The van der Waals surface area contributed by atoms with Gasteiger partial charge in [0.05, 0.1) is 28.0 Å². The second-order valence-electron chi connectivity index (χ2n) is 8.51. The maximum absolute atomic E-state index is 12.1. The Bertz CT molecular complexity index is 1110. The van der Waals surface area contributed by atoms with Crippen LogP contribution in [0.2, 0.25) is 10.0 Å². The number of benzene rings is 2. The molecular formula is C23H28Cl2N3O6P. The number of anilines is 2. The molecule has 2 aliphatic rings. The normalized spacial score (nSPS) is 17.0. The van der Waals surface area contributed by atoms with Gasteiger partial charge in [-0.05, 0) is 49.6 Å². The lowest BCUT2D eigenvalue weighted by atomic mass is 10.0. The highest BCUT2D eigenvalue weighted by molar-refractivity contribution is 7.46. The number of hydrogen-bond donors (Lipinski definition) is 2. The summed E-state index contributed by atoms with van der Waals surface area (Å²) in [6.45, 7) is 5.11. The Balaban J connectivity index is 1.21. The second-order valence-corrected chi connectivity index (χ2v) is 10.4. The van der Waals surface area contributed by atoms with Crippen LogP contribution in [-0.4, -0.2) is 59.9 Å². The van der Waals surface area contributed by atoms with E-state index in [4.69, 9.17) is 37.7 Å². The van der Waals surface area contributed by atoms with Crippen molar-refractivity contribution in [3.05, 3.63) is 52.0 Å². The quantitative estimate of drug-likeness (QED) is 0.357. The van der Waals surface area contributed by atoms with Crippen molar-refractivity contribution >= 4 is 48.3 Å². The minimum absolute atomic E-state index is 0.119. The number of phosphoric acid groups is 1. The van der Waals surface area contributed by atoms with Gasteiger partial charge in [-0.3, -0.25) is 9.69 Å². The standard InChI is InChI=1S/C23H28Cl2N3O6P/c24-19-4-3-5-20(23(19)25)27-13-11-26(12-14-27)10-1-2-15-33-18-8-6-17-7-9-22(29)28(21(17)16-18)34-35(30,31)32/h3-6,8,16H,1-2,7,9-15H2,(H2,30,31,32). The Morgan fingerprint density at radius 2 is 1.74 bits per heavy atom. The third-order valence-corrected chi connectivity index (χ3v) is 7.26. The average molecular weight is 544 g/mol. The largest absolute Gasteiger partial charge is 0.494 e. The highest BCUT2D eigenvalue weighted by atomic mass is 35.5. The van der Waals surface area contributed by atoms with Crippen molar-refractivity contribution in [2.24, 2.45) is 0 Å². The second kappa shape index (κ2) is 11.5. The zero-order valence-electron chi connectivity index (χ0n) is 19.1. The van der Waals surface area contributed by atoms with Gasteiger partial charge >= 0.3 is 7.82 Å². The fourth-order valence-electron chi connectivity index (χ4n) is 4.28. The van der Waals surface area contributed by atoms with Gasteiger partial charge < -0.3 is 19.4 Å². The number of aryl methyl sites for hydroxylation is 1. The molecule has 35 heavy (non-hydrogen) atoms. The van der Waals surface area contributed by atoms with Crippen molar-refractivity contribution in [3.8, 4) is 5.75 Å². The SMILES string of the molecule is O=C1CCc2ccc(OCCCCN3CCN(c4cccc(Cl)c4Cl)CC3)cc2N1OP(=O)(O)O. The Hall–Kier alpha value is -1.84. The van der Waals surface area contributed by atoms with Gasteiger partial charge in [0, 0.05) is 38.7 Å². The Morgan fingerprint density at radius 1 is 0.971 bits per heavy atom. The van der Waals surface area contributed by atoms with E-state index in [2.05, 4.69) is 14.4 Å². The van der Waals surface area contributed by atoms with Gasteiger partial charge in [-0.2, -0.15) is 9.69 Å². The van der Waals surface area contributed by atoms with Gasteiger partial charge in [0.2, 0.25) is 0 Å². The first-order valence-corrected chi connectivity index (χ1v) is 13.7. The van der Waals surface area contributed by atoms with Gasteiger partial charge in [-0.1, -0.05) is 35.3 Å². The molecule has 2 aromatic carbocycles. The van der Waals surface area contributed by atoms with Crippen molar-refractivity contribution in [2.45, 2.75) is 25.7 Å². The van der Waals surface area contributed by atoms with E-state index in [1.54, 1.807) is 24.3 Å². The number of halogens is 2. The lowest BCUT2D eigenvalue weighted by Crippen LogP contribution is -2.46. The molecular weight excluding hydrogens is 516 g/mol. The van der Waals surface area contributed by atoms with E-state index in [1.165, 1.54) is 0 Å². The number of hydroxylamine groups is 1. The molecule has 2 aliphatic heterocycles.